The summed E-state index contributed by atoms with van der Waals surface area (Å²) < 4.78 is 10.8. The molecule has 2 aromatic carbocycles. The van der Waals surface area contributed by atoms with Gasteiger partial charge in [-0.3, -0.25) is 0 Å². The van der Waals surface area contributed by atoms with Crippen LogP contribution in [0.2, 0.25) is 0 Å². The second-order valence-electron chi connectivity index (χ2n) is 6.37. The van der Waals surface area contributed by atoms with Gasteiger partial charge in [0.25, 0.3) is 0 Å². The molecular weight excluding hydrogens is 276 g/mol. The Bertz CT molecular complexity index is 681. The van der Waals surface area contributed by atoms with E-state index in [1.54, 1.807) is 31.4 Å². The standard InChI is InChI=1S/C19H22O3/c1-13-9-10-17(16(11-13)19(2,3)4)22-18(20)14-7-6-8-15(12-14)21-5/h6-12H,1-5H3. The number of ether oxygens (including phenoxy) is 2. The molecule has 0 N–H and O–H groups in total. The van der Waals surface area contributed by atoms with Crippen LogP contribution >= 0.6 is 0 Å². The van der Waals surface area contributed by atoms with E-state index in [9.17, 15) is 4.79 Å². The Labute approximate surface area is 131 Å². The predicted octanol–water partition coefficient (Wildman–Crippen LogP) is 4.52. The number of carbonyl (C=O) groups excluding carboxylic acids is 1. The highest BCUT2D eigenvalue weighted by Crippen LogP contribution is 2.32. The van der Waals surface area contributed by atoms with Crippen LogP contribution in [0.15, 0.2) is 42.5 Å². The molecule has 0 unspecified atom stereocenters. The van der Waals surface area contributed by atoms with Crippen LogP contribution in [0.4, 0.5) is 0 Å². The van der Waals surface area contributed by atoms with E-state index in [1.807, 2.05) is 19.1 Å². The minimum absolute atomic E-state index is 0.101. The molecule has 0 aromatic heterocycles. The van der Waals surface area contributed by atoms with Gasteiger partial charge in [0.15, 0.2) is 0 Å². The van der Waals surface area contributed by atoms with Crippen LogP contribution < -0.4 is 9.47 Å². The molecular formula is C19H22O3. The number of methoxy groups -OCH3 is 1. The first-order chi connectivity index (χ1) is 10.3. The van der Waals surface area contributed by atoms with Gasteiger partial charge >= 0.3 is 5.97 Å². The molecule has 2 aromatic rings. The summed E-state index contributed by atoms with van der Waals surface area (Å²) in [5.74, 6) is 0.855. The number of hydrogen-bond donors (Lipinski definition) is 0. The van der Waals surface area contributed by atoms with Crippen molar-refractivity contribution in [1.29, 1.82) is 0 Å². The Morgan fingerprint density at radius 2 is 1.77 bits per heavy atom. The molecule has 3 heteroatoms. The van der Waals surface area contributed by atoms with Gasteiger partial charge in [0.1, 0.15) is 11.5 Å². The minimum Gasteiger partial charge on any atom is -0.497 e. The lowest BCUT2D eigenvalue weighted by Crippen LogP contribution is -2.16. The van der Waals surface area contributed by atoms with Crippen molar-refractivity contribution in [1.82, 2.24) is 0 Å². The highest BCUT2D eigenvalue weighted by molar-refractivity contribution is 5.91. The van der Waals surface area contributed by atoms with Crippen molar-refractivity contribution in [2.45, 2.75) is 33.1 Å². The highest BCUT2D eigenvalue weighted by atomic mass is 16.5. The molecule has 0 amide bonds. The molecule has 22 heavy (non-hydrogen) atoms. The molecule has 0 saturated carbocycles. The minimum atomic E-state index is -0.381. The van der Waals surface area contributed by atoms with Crippen LogP contribution in [0.1, 0.15) is 42.3 Å². The van der Waals surface area contributed by atoms with Crippen molar-refractivity contribution >= 4 is 5.97 Å². The number of benzene rings is 2. The van der Waals surface area contributed by atoms with Crippen molar-refractivity contribution < 1.29 is 14.3 Å². The number of rotatable bonds is 3. The molecule has 116 valence electrons. The average Bonchev–Trinajstić information content (AvgIpc) is 2.48. The predicted molar refractivity (Wildman–Crippen MR) is 87.8 cm³/mol. The van der Waals surface area contributed by atoms with Gasteiger partial charge in [-0.25, -0.2) is 4.79 Å². The topological polar surface area (TPSA) is 35.5 Å². The molecule has 0 saturated heterocycles. The van der Waals surface area contributed by atoms with Crippen molar-refractivity contribution in [3.05, 3.63) is 59.2 Å². The third-order valence-electron chi connectivity index (χ3n) is 3.45. The lowest BCUT2D eigenvalue weighted by Gasteiger charge is -2.22. The van der Waals surface area contributed by atoms with Gasteiger partial charge in [-0.2, -0.15) is 0 Å². The van der Waals surface area contributed by atoms with E-state index >= 15 is 0 Å². The maximum Gasteiger partial charge on any atom is 0.343 e. The second-order valence-corrected chi connectivity index (χ2v) is 6.37. The maximum atomic E-state index is 12.4. The van der Waals surface area contributed by atoms with Crippen LogP contribution in [0.3, 0.4) is 0 Å². The molecule has 0 fully saturated rings. The van der Waals surface area contributed by atoms with Crippen LogP contribution in [0, 0.1) is 6.92 Å². The highest BCUT2D eigenvalue weighted by Gasteiger charge is 2.21. The fourth-order valence-electron chi connectivity index (χ4n) is 2.23. The Morgan fingerprint density at radius 1 is 1.05 bits per heavy atom. The summed E-state index contributed by atoms with van der Waals surface area (Å²) in [5.41, 5.74) is 2.53. The van der Waals surface area contributed by atoms with Crippen molar-refractivity contribution in [2.75, 3.05) is 7.11 Å². The molecule has 0 aliphatic heterocycles. The quantitative estimate of drug-likeness (QED) is 0.617. The smallest absolute Gasteiger partial charge is 0.343 e. The molecule has 0 heterocycles. The molecule has 0 spiro atoms. The summed E-state index contributed by atoms with van der Waals surface area (Å²) in [4.78, 5) is 12.4. The summed E-state index contributed by atoms with van der Waals surface area (Å²) in [5, 5.41) is 0. The van der Waals surface area contributed by atoms with Gasteiger partial charge in [0, 0.05) is 5.56 Å². The van der Waals surface area contributed by atoms with Gasteiger partial charge in [0.05, 0.1) is 12.7 Å². The van der Waals surface area contributed by atoms with Crippen LogP contribution in [-0.4, -0.2) is 13.1 Å². The van der Waals surface area contributed by atoms with Crippen molar-refractivity contribution in [2.24, 2.45) is 0 Å². The van der Waals surface area contributed by atoms with Crippen molar-refractivity contribution in [3.63, 3.8) is 0 Å². The number of carbonyl (C=O) groups is 1. The summed E-state index contributed by atoms with van der Waals surface area (Å²) in [6.07, 6.45) is 0. The monoisotopic (exact) mass is 298 g/mol. The third-order valence-corrected chi connectivity index (χ3v) is 3.45. The van der Waals surface area contributed by atoms with Crippen LogP contribution in [0.5, 0.6) is 11.5 Å². The molecule has 0 atom stereocenters. The van der Waals surface area contributed by atoms with Crippen LogP contribution in [0.25, 0.3) is 0 Å². The van der Waals surface area contributed by atoms with Crippen LogP contribution in [-0.2, 0) is 5.41 Å². The van der Waals surface area contributed by atoms with E-state index in [1.165, 1.54) is 0 Å². The number of hydrogen-bond acceptors (Lipinski definition) is 3. The molecule has 2 rings (SSSR count). The lowest BCUT2D eigenvalue weighted by atomic mass is 9.85. The zero-order chi connectivity index (χ0) is 16.3. The van der Waals surface area contributed by atoms with Gasteiger partial charge in [-0.05, 0) is 36.6 Å². The first-order valence-electron chi connectivity index (χ1n) is 7.28. The Morgan fingerprint density at radius 3 is 2.41 bits per heavy atom. The van der Waals surface area contributed by atoms with E-state index < -0.39 is 0 Å². The maximum absolute atomic E-state index is 12.4. The fraction of sp³-hybridized carbons (Fsp3) is 0.316. The van der Waals surface area contributed by atoms with Gasteiger partial charge < -0.3 is 9.47 Å². The Balaban J connectivity index is 2.32. The van der Waals surface area contributed by atoms with E-state index in [-0.39, 0.29) is 11.4 Å². The summed E-state index contributed by atoms with van der Waals surface area (Å²) >= 11 is 0. The summed E-state index contributed by atoms with van der Waals surface area (Å²) in [6, 6.07) is 12.8. The van der Waals surface area contributed by atoms with E-state index in [0.717, 1.165) is 11.1 Å². The molecule has 0 bridgehead atoms. The SMILES string of the molecule is COc1cccc(C(=O)Oc2ccc(C)cc2C(C)(C)C)c1. The Kier molecular flexibility index (Phi) is 4.55. The second kappa shape index (κ2) is 6.22. The lowest BCUT2D eigenvalue weighted by molar-refractivity contribution is 0.0731. The largest absolute Gasteiger partial charge is 0.497 e. The van der Waals surface area contributed by atoms with E-state index in [4.69, 9.17) is 9.47 Å². The average molecular weight is 298 g/mol. The van der Waals surface area contributed by atoms with Crippen molar-refractivity contribution in [3.8, 4) is 11.5 Å². The Hall–Kier alpha value is -2.29. The fourth-order valence-corrected chi connectivity index (χ4v) is 2.23. The molecule has 0 aliphatic rings. The van der Waals surface area contributed by atoms with E-state index in [0.29, 0.717) is 17.1 Å². The molecule has 3 nitrogen and oxygen atoms in total. The molecule has 0 radical (unpaired) electrons. The first kappa shape index (κ1) is 16.1. The number of aryl methyl sites for hydroxylation is 1. The normalized spacial score (nSPS) is 11.1. The first-order valence-corrected chi connectivity index (χ1v) is 7.28. The number of esters is 1. The zero-order valence-corrected chi connectivity index (χ0v) is 13.8. The van der Waals surface area contributed by atoms with Gasteiger partial charge in [-0.1, -0.05) is 44.5 Å². The zero-order valence-electron chi connectivity index (χ0n) is 13.8. The van der Waals surface area contributed by atoms with Gasteiger partial charge in [-0.15, -0.1) is 0 Å². The van der Waals surface area contributed by atoms with Gasteiger partial charge in [0.2, 0.25) is 0 Å². The third kappa shape index (κ3) is 3.67. The summed E-state index contributed by atoms with van der Waals surface area (Å²) in [7, 11) is 1.57. The molecule has 0 aliphatic carbocycles. The van der Waals surface area contributed by atoms with E-state index in [2.05, 4.69) is 26.8 Å². The summed E-state index contributed by atoms with van der Waals surface area (Å²) in [6.45, 7) is 8.34.